The Hall–Kier alpha value is -0.890. The Labute approximate surface area is 82.7 Å². The maximum atomic E-state index is 12.6. The van der Waals surface area contributed by atoms with Gasteiger partial charge in [-0.3, -0.25) is 0 Å². The summed E-state index contributed by atoms with van der Waals surface area (Å²) in [6.45, 7) is -0.0909. The number of hydrogen-bond acceptors (Lipinski definition) is 0. The van der Waals surface area contributed by atoms with Crippen LogP contribution in [0.15, 0.2) is 11.4 Å². The van der Waals surface area contributed by atoms with Crippen LogP contribution < -0.4 is 0 Å². The molecule has 0 radical (unpaired) electrons. The van der Waals surface area contributed by atoms with Crippen LogP contribution in [0.3, 0.4) is 0 Å². The molecule has 0 aromatic heterocycles. The molecule has 1 aliphatic carbocycles. The van der Waals surface area contributed by atoms with Crippen LogP contribution in [-0.4, -0.2) is 23.7 Å². The Balaban J connectivity index is 3.64. The quantitative estimate of drug-likeness (QED) is 0.580. The molecule has 0 amide bonds. The minimum atomic E-state index is -6.49. The highest BCUT2D eigenvalue weighted by molar-refractivity contribution is 5.34. The number of hydrogen-bond donors (Lipinski definition) is 0. The fraction of sp³-hybridized carbons (Fsp3) is 0.714. The molecular formula is C7H3F9. The standard InChI is InChI=1S/C7H3F9/c1-2-3(8)5(11,12)7(15,16)6(13,14)4(2,9)10/h1H3. The molecular weight excluding hydrogens is 255 g/mol. The Morgan fingerprint density at radius 2 is 1.00 bits per heavy atom. The van der Waals surface area contributed by atoms with Crippen LogP contribution >= 0.6 is 0 Å². The summed E-state index contributed by atoms with van der Waals surface area (Å²) in [7, 11) is 0. The van der Waals surface area contributed by atoms with E-state index in [-0.39, 0.29) is 6.92 Å². The molecule has 0 fully saturated rings. The monoisotopic (exact) mass is 258 g/mol. The normalized spacial score (nSPS) is 30.4. The second-order valence-electron chi connectivity index (χ2n) is 3.24. The molecule has 0 saturated carbocycles. The average Bonchev–Trinajstić information content (AvgIpc) is 2.12. The smallest absolute Gasteiger partial charge is 0.205 e. The summed E-state index contributed by atoms with van der Waals surface area (Å²) >= 11 is 0. The Morgan fingerprint density at radius 1 is 0.688 bits per heavy atom. The second kappa shape index (κ2) is 2.86. The zero-order valence-corrected chi connectivity index (χ0v) is 7.40. The highest BCUT2D eigenvalue weighted by Crippen LogP contribution is 2.61. The van der Waals surface area contributed by atoms with E-state index in [0.29, 0.717) is 0 Å². The maximum Gasteiger partial charge on any atom is 0.385 e. The maximum absolute atomic E-state index is 12.6. The summed E-state index contributed by atoms with van der Waals surface area (Å²) in [5.74, 6) is -27.7. The molecule has 94 valence electrons. The molecule has 16 heavy (non-hydrogen) atoms. The summed E-state index contributed by atoms with van der Waals surface area (Å²) in [5, 5.41) is 0. The van der Waals surface area contributed by atoms with Crippen molar-refractivity contribution in [2.45, 2.75) is 30.6 Å². The summed E-state index contributed by atoms with van der Waals surface area (Å²) in [4.78, 5) is 0. The molecule has 0 nitrogen and oxygen atoms in total. The molecule has 0 N–H and O–H groups in total. The summed E-state index contributed by atoms with van der Waals surface area (Å²) < 4.78 is 113. The van der Waals surface area contributed by atoms with Gasteiger partial charge in [-0.15, -0.1) is 0 Å². The van der Waals surface area contributed by atoms with Crippen molar-refractivity contribution in [2.75, 3.05) is 0 Å². The summed E-state index contributed by atoms with van der Waals surface area (Å²) in [6, 6.07) is 0. The Kier molecular flexibility index (Phi) is 2.36. The molecule has 0 aromatic rings. The van der Waals surface area contributed by atoms with Crippen molar-refractivity contribution in [1.82, 2.24) is 0 Å². The van der Waals surface area contributed by atoms with E-state index in [9.17, 15) is 39.5 Å². The van der Waals surface area contributed by atoms with Crippen LogP contribution in [0.2, 0.25) is 0 Å². The van der Waals surface area contributed by atoms with Gasteiger partial charge in [-0.2, -0.15) is 35.1 Å². The first-order valence-corrected chi connectivity index (χ1v) is 3.70. The second-order valence-corrected chi connectivity index (χ2v) is 3.24. The molecule has 0 aliphatic heterocycles. The molecule has 1 aliphatic rings. The van der Waals surface area contributed by atoms with Gasteiger partial charge in [-0.25, -0.2) is 4.39 Å². The van der Waals surface area contributed by atoms with Crippen LogP contribution in [0.1, 0.15) is 6.92 Å². The van der Waals surface area contributed by atoms with Gasteiger partial charge in [0.1, 0.15) is 0 Å². The third kappa shape index (κ3) is 1.08. The van der Waals surface area contributed by atoms with Gasteiger partial charge in [0.05, 0.1) is 0 Å². The van der Waals surface area contributed by atoms with E-state index in [1.165, 1.54) is 0 Å². The minimum Gasteiger partial charge on any atom is -0.205 e. The minimum absolute atomic E-state index is 0.0909. The van der Waals surface area contributed by atoms with Gasteiger partial charge < -0.3 is 0 Å². The zero-order chi connectivity index (χ0) is 13.2. The van der Waals surface area contributed by atoms with Gasteiger partial charge in [0.25, 0.3) is 0 Å². The van der Waals surface area contributed by atoms with Gasteiger partial charge in [0.2, 0.25) is 0 Å². The van der Waals surface area contributed by atoms with Crippen molar-refractivity contribution in [3.8, 4) is 0 Å². The topological polar surface area (TPSA) is 0 Å². The van der Waals surface area contributed by atoms with Gasteiger partial charge in [-0.05, 0) is 6.92 Å². The van der Waals surface area contributed by atoms with Crippen LogP contribution in [0, 0.1) is 0 Å². The fourth-order valence-electron chi connectivity index (χ4n) is 1.14. The van der Waals surface area contributed by atoms with Crippen molar-refractivity contribution in [1.29, 1.82) is 0 Å². The first-order chi connectivity index (χ1) is 6.82. The van der Waals surface area contributed by atoms with E-state index < -0.39 is 35.1 Å². The van der Waals surface area contributed by atoms with E-state index in [1.54, 1.807) is 0 Å². The van der Waals surface area contributed by atoms with Gasteiger partial charge in [0.15, 0.2) is 5.83 Å². The van der Waals surface area contributed by atoms with Gasteiger partial charge >= 0.3 is 23.7 Å². The molecule has 9 heteroatoms. The van der Waals surface area contributed by atoms with E-state index in [4.69, 9.17) is 0 Å². The number of alkyl halides is 8. The molecule has 0 spiro atoms. The van der Waals surface area contributed by atoms with Gasteiger partial charge in [-0.1, -0.05) is 0 Å². The lowest BCUT2D eigenvalue weighted by Crippen LogP contribution is -2.66. The fourth-order valence-corrected chi connectivity index (χ4v) is 1.14. The zero-order valence-electron chi connectivity index (χ0n) is 7.40. The molecule has 0 aromatic carbocycles. The van der Waals surface area contributed by atoms with E-state index in [2.05, 4.69) is 0 Å². The van der Waals surface area contributed by atoms with Crippen LogP contribution in [0.4, 0.5) is 39.5 Å². The SMILES string of the molecule is CC1=C(F)C(F)(F)C(F)(F)C(F)(F)C1(F)F. The van der Waals surface area contributed by atoms with Gasteiger partial charge in [0, 0.05) is 5.57 Å². The van der Waals surface area contributed by atoms with Crippen molar-refractivity contribution in [2.24, 2.45) is 0 Å². The van der Waals surface area contributed by atoms with Crippen LogP contribution in [0.5, 0.6) is 0 Å². The summed E-state index contributed by atoms with van der Waals surface area (Å²) in [6.07, 6.45) is 0. The van der Waals surface area contributed by atoms with Crippen LogP contribution in [0.25, 0.3) is 0 Å². The lowest BCUT2D eigenvalue weighted by molar-refractivity contribution is -0.363. The predicted octanol–water partition coefficient (Wildman–Crippen LogP) is 3.78. The first kappa shape index (κ1) is 13.2. The lowest BCUT2D eigenvalue weighted by Gasteiger charge is -2.41. The van der Waals surface area contributed by atoms with E-state index in [1.807, 2.05) is 0 Å². The van der Waals surface area contributed by atoms with Crippen LogP contribution in [-0.2, 0) is 0 Å². The third-order valence-corrected chi connectivity index (χ3v) is 2.26. The molecule has 0 unspecified atom stereocenters. The molecule has 0 bridgehead atoms. The molecule has 0 heterocycles. The van der Waals surface area contributed by atoms with Crippen molar-refractivity contribution < 1.29 is 39.5 Å². The third-order valence-electron chi connectivity index (χ3n) is 2.26. The van der Waals surface area contributed by atoms with Crippen molar-refractivity contribution in [3.63, 3.8) is 0 Å². The first-order valence-electron chi connectivity index (χ1n) is 3.70. The van der Waals surface area contributed by atoms with E-state index >= 15 is 0 Å². The average molecular weight is 258 g/mol. The van der Waals surface area contributed by atoms with E-state index in [0.717, 1.165) is 0 Å². The Bertz CT molecular complexity index is 317. The number of allylic oxidation sites excluding steroid dienone is 2. The highest BCUT2D eigenvalue weighted by Gasteiger charge is 2.85. The largest absolute Gasteiger partial charge is 0.385 e. The lowest BCUT2D eigenvalue weighted by atomic mass is 9.86. The molecule has 0 atom stereocenters. The molecule has 1 rings (SSSR count). The number of halogens is 9. The highest BCUT2D eigenvalue weighted by atomic mass is 19.4. The predicted molar refractivity (Wildman–Crippen MR) is 33.6 cm³/mol. The van der Waals surface area contributed by atoms with Crippen molar-refractivity contribution >= 4 is 0 Å². The number of rotatable bonds is 0. The Morgan fingerprint density at radius 3 is 1.38 bits per heavy atom. The summed E-state index contributed by atoms with van der Waals surface area (Å²) in [5.41, 5.74) is -2.39. The molecule has 0 saturated heterocycles. The van der Waals surface area contributed by atoms with Crippen molar-refractivity contribution in [3.05, 3.63) is 11.4 Å².